The van der Waals surface area contributed by atoms with E-state index in [0.29, 0.717) is 5.56 Å². The van der Waals surface area contributed by atoms with Crippen LogP contribution in [-0.4, -0.2) is 26.3 Å². The van der Waals surface area contributed by atoms with Crippen molar-refractivity contribution in [2.24, 2.45) is 0 Å². The van der Waals surface area contributed by atoms with Crippen LogP contribution in [0.3, 0.4) is 0 Å². The van der Waals surface area contributed by atoms with Crippen molar-refractivity contribution in [1.82, 2.24) is 4.31 Å². The SMILES string of the molecule is Cc1cc(F)ccc1S(=O)(=O)N(C)CCC#N. The van der Waals surface area contributed by atoms with Gasteiger partial charge in [0.2, 0.25) is 10.0 Å². The standard InChI is InChI=1S/C11H13FN2O2S/c1-9-8-10(12)4-5-11(9)17(15,16)14(2)7-3-6-13/h4-5,8H,3,7H2,1-2H3. The summed E-state index contributed by atoms with van der Waals surface area (Å²) in [5, 5.41) is 8.42. The first-order valence-corrected chi connectivity index (χ1v) is 6.43. The molecule has 92 valence electrons. The van der Waals surface area contributed by atoms with Crippen molar-refractivity contribution >= 4 is 10.0 Å². The van der Waals surface area contributed by atoms with Gasteiger partial charge in [-0.3, -0.25) is 0 Å². The summed E-state index contributed by atoms with van der Waals surface area (Å²) in [5.41, 5.74) is 0.355. The number of hydrogen-bond donors (Lipinski definition) is 0. The summed E-state index contributed by atoms with van der Waals surface area (Å²) >= 11 is 0. The van der Waals surface area contributed by atoms with E-state index in [1.54, 1.807) is 0 Å². The lowest BCUT2D eigenvalue weighted by Gasteiger charge is -2.17. The molecular formula is C11H13FN2O2S. The predicted molar refractivity (Wildman–Crippen MR) is 61.2 cm³/mol. The van der Waals surface area contributed by atoms with Gasteiger partial charge in [-0.2, -0.15) is 9.57 Å². The number of aryl methyl sites for hydroxylation is 1. The molecule has 1 aromatic carbocycles. The highest BCUT2D eigenvalue weighted by atomic mass is 32.2. The van der Waals surface area contributed by atoms with Crippen molar-refractivity contribution in [2.45, 2.75) is 18.2 Å². The molecular weight excluding hydrogens is 243 g/mol. The van der Waals surface area contributed by atoms with Gasteiger partial charge in [-0.15, -0.1) is 0 Å². The first kappa shape index (κ1) is 13.6. The molecule has 0 unspecified atom stereocenters. The largest absolute Gasteiger partial charge is 0.243 e. The van der Waals surface area contributed by atoms with Gasteiger partial charge in [0.25, 0.3) is 0 Å². The maximum absolute atomic E-state index is 12.9. The molecule has 0 aliphatic carbocycles. The fourth-order valence-corrected chi connectivity index (χ4v) is 2.77. The molecule has 1 aromatic rings. The Morgan fingerprint density at radius 1 is 1.47 bits per heavy atom. The Balaban J connectivity index is 3.09. The Labute approximate surface area is 100 Å². The highest BCUT2D eigenvalue weighted by Gasteiger charge is 2.22. The van der Waals surface area contributed by atoms with Gasteiger partial charge in [0.05, 0.1) is 11.0 Å². The summed E-state index contributed by atoms with van der Waals surface area (Å²) in [6, 6.07) is 5.40. The summed E-state index contributed by atoms with van der Waals surface area (Å²) < 4.78 is 38.1. The van der Waals surface area contributed by atoms with Gasteiger partial charge in [0, 0.05) is 20.0 Å². The summed E-state index contributed by atoms with van der Waals surface area (Å²) in [5.74, 6) is -0.471. The summed E-state index contributed by atoms with van der Waals surface area (Å²) in [6.45, 7) is 1.66. The molecule has 6 heteroatoms. The Hall–Kier alpha value is -1.45. The van der Waals surface area contributed by atoms with E-state index in [4.69, 9.17) is 5.26 Å². The van der Waals surface area contributed by atoms with Crippen LogP contribution in [0.4, 0.5) is 4.39 Å². The van der Waals surface area contributed by atoms with E-state index in [1.165, 1.54) is 26.1 Å². The third kappa shape index (κ3) is 3.02. The molecule has 0 atom stereocenters. The van der Waals surface area contributed by atoms with Crippen LogP contribution >= 0.6 is 0 Å². The number of benzene rings is 1. The smallest absolute Gasteiger partial charge is 0.207 e. The van der Waals surface area contributed by atoms with Crippen LogP contribution in [0.5, 0.6) is 0 Å². The minimum Gasteiger partial charge on any atom is -0.207 e. The molecule has 0 spiro atoms. The van der Waals surface area contributed by atoms with E-state index in [2.05, 4.69) is 0 Å². The summed E-state index contributed by atoms with van der Waals surface area (Å²) in [6.07, 6.45) is 0.121. The Morgan fingerprint density at radius 3 is 2.65 bits per heavy atom. The molecule has 17 heavy (non-hydrogen) atoms. The minimum absolute atomic E-state index is 0.0688. The zero-order chi connectivity index (χ0) is 13.1. The van der Waals surface area contributed by atoms with Crippen LogP contribution in [0.15, 0.2) is 23.1 Å². The molecule has 0 amide bonds. The number of nitrogens with zero attached hydrogens (tertiary/aromatic N) is 2. The highest BCUT2D eigenvalue weighted by molar-refractivity contribution is 7.89. The Kier molecular flexibility index (Phi) is 4.21. The molecule has 1 rings (SSSR count). The van der Waals surface area contributed by atoms with Crippen molar-refractivity contribution in [3.05, 3.63) is 29.6 Å². The Bertz CT molecular complexity index is 549. The van der Waals surface area contributed by atoms with Gasteiger partial charge >= 0.3 is 0 Å². The van der Waals surface area contributed by atoms with E-state index < -0.39 is 15.8 Å². The minimum atomic E-state index is -3.64. The number of nitriles is 1. The van der Waals surface area contributed by atoms with E-state index in [1.807, 2.05) is 6.07 Å². The first-order chi connectivity index (χ1) is 7.89. The molecule has 0 saturated heterocycles. The van der Waals surface area contributed by atoms with Crippen molar-refractivity contribution in [2.75, 3.05) is 13.6 Å². The van der Waals surface area contributed by atoms with Gasteiger partial charge in [-0.1, -0.05) is 0 Å². The zero-order valence-corrected chi connectivity index (χ0v) is 10.5. The second-order valence-electron chi connectivity index (χ2n) is 3.64. The monoisotopic (exact) mass is 256 g/mol. The first-order valence-electron chi connectivity index (χ1n) is 4.99. The topological polar surface area (TPSA) is 61.2 Å². The van der Waals surface area contributed by atoms with Crippen LogP contribution in [0.2, 0.25) is 0 Å². The maximum Gasteiger partial charge on any atom is 0.243 e. The highest BCUT2D eigenvalue weighted by Crippen LogP contribution is 2.19. The molecule has 0 saturated carbocycles. The third-order valence-electron chi connectivity index (χ3n) is 2.36. The fourth-order valence-electron chi connectivity index (χ4n) is 1.40. The van der Waals surface area contributed by atoms with Gasteiger partial charge in [-0.05, 0) is 30.7 Å². The Morgan fingerprint density at radius 2 is 2.12 bits per heavy atom. The van der Waals surface area contributed by atoms with Crippen molar-refractivity contribution < 1.29 is 12.8 Å². The maximum atomic E-state index is 12.9. The molecule has 0 fully saturated rings. The van der Waals surface area contributed by atoms with Crippen molar-refractivity contribution in [3.63, 3.8) is 0 Å². The van der Waals surface area contributed by atoms with Crippen molar-refractivity contribution in [1.29, 1.82) is 5.26 Å². The lowest BCUT2D eigenvalue weighted by atomic mass is 10.2. The molecule has 0 aromatic heterocycles. The van der Waals surface area contributed by atoms with Gasteiger partial charge in [0.15, 0.2) is 0 Å². The van der Waals surface area contributed by atoms with Gasteiger partial charge in [0.1, 0.15) is 5.82 Å². The molecule has 0 aliphatic heterocycles. The average molecular weight is 256 g/mol. The second kappa shape index (κ2) is 5.25. The van der Waals surface area contributed by atoms with Crippen LogP contribution in [0.1, 0.15) is 12.0 Å². The van der Waals surface area contributed by atoms with Gasteiger partial charge in [-0.25, -0.2) is 12.8 Å². The quantitative estimate of drug-likeness (QED) is 0.823. The normalized spacial score (nSPS) is 11.5. The van der Waals surface area contributed by atoms with Crippen LogP contribution in [0.25, 0.3) is 0 Å². The molecule has 0 radical (unpaired) electrons. The van der Waals surface area contributed by atoms with E-state index in [0.717, 1.165) is 10.4 Å². The van der Waals surface area contributed by atoms with Crippen LogP contribution in [-0.2, 0) is 10.0 Å². The van der Waals surface area contributed by atoms with E-state index in [9.17, 15) is 12.8 Å². The second-order valence-corrected chi connectivity index (χ2v) is 5.66. The average Bonchev–Trinajstić information content (AvgIpc) is 2.25. The number of hydrogen-bond acceptors (Lipinski definition) is 3. The van der Waals surface area contributed by atoms with E-state index >= 15 is 0 Å². The molecule has 0 N–H and O–H groups in total. The lowest BCUT2D eigenvalue weighted by molar-refractivity contribution is 0.476. The molecule has 0 aliphatic rings. The van der Waals surface area contributed by atoms with E-state index in [-0.39, 0.29) is 17.9 Å². The van der Waals surface area contributed by atoms with Gasteiger partial charge < -0.3 is 0 Å². The fraction of sp³-hybridized carbons (Fsp3) is 0.364. The lowest BCUT2D eigenvalue weighted by Crippen LogP contribution is -2.28. The van der Waals surface area contributed by atoms with Crippen LogP contribution < -0.4 is 0 Å². The molecule has 0 heterocycles. The van der Waals surface area contributed by atoms with Crippen LogP contribution in [0, 0.1) is 24.1 Å². The number of halogens is 1. The predicted octanol–water partition coefficient (Wildman–Crippen LogP) is 1.67. The summed E-state index contributed by atoms with van der Waals surface area (Å²) in [4.78, 5) is 0.0688. The number of sulfonamides is 1. The zero-order valence-electron chi connectivity index (χ0n) is 9.64. The third-order valence-corrected chi connectivity index (χ3v) is 4.38. The molecule has 0 bridgehead atoms. The molecule has 4 nitrogen and oxygen atoms in total. The summed E-state index contributed by atoms with van der Waals surface area (Å²) in [7, 11) is -2.24. The van der Waals surface area contributed by atoms with Crippen molar-refractivity contribution in [3.8, 4) is 6.07 Å². The number of rotatable bonds is 4.